The molecule has 0 radical (unpaired) electrons. The molecule has 1 aromatic rings. The number of rotatable bonds is 4. The standard InChI is InChI=1S/C15H22ClNS/c1-11-5-7-12(8-6-11)15(17)10-18-14-4-2-3-13(16)9-14/h2-4,9,11-12,15H,5-8,10,17H2,1H3. The van der Waals surface area contributed by atoms with Gasteiger partial charge in [-0.15, -0.1) is 11.8 Å². The fraction of sp³-hybridized carbons (Fsp3) is 0.600. The molecule has 0 aromatic heterocycles. The van der Waals surface area contributed by atoms with Crippen LogP contribution in [-0.2, 0) is 0 Å². The Morgan fingerprint density at radius 2 is 2.06 bits per heavy atom. The fourth-order valence-corrected chi connectivity index (χ4v) is 3.90. The number of nitrogens with two attached hydrogens (primary N) is 1. The molecule has 1 aromatic carbocycles. The van der Waals surface area contributed by atoms with Gasteiger partial charge in [0.05, 0.1) is 0 Å². The van der Waals surface area contributed by atoms with E-state index in [1.807, 2.05) is 30.0 Å². The van der Waals surface area contributed by atoms with Crippen molar-refractivity contribution < 1.29 is 0 Å². The van der Waals surface area contributed by atoms with E-state index in [1.54, 1.807) is 0 Å². The molecule has 0 heterocycles. The summed E-state index contributed by atoms with van der Waals surface area (Å²) in [6.45, 7) is 2.35. The zero-order valence-corrected chi connectivity index (χ0v) is 12.5. The molecule has 1 saturated carbocycles. The monoisotopic (exact) mass is 283 g/mol. The largest absolute Gasteiger partial charge is 0.327 e. The minimum atomic E-state index is 0.321. The molecule has 1 fully saturated rings. The van der Waals surface area contributed by atoms with Crippen LogP contribution in [-0.4, -0.2) is 11.8 Å². The van der Waals surface area contributed by atoms with Crippen LogP contribution in [0.1, 0.15) is 32.6 Å². The Balaban J connectivity index is 1.79. The van der Waals surface area contributed by atoms with E-state index in [2.05, 4.69) is 13.0 Å². The van der Waals surface area contributed by atoms with Gasteiger partial charge in [0.1, 0.15) is 0 Å². The summed E-state index contributed by atoms with van der Waals surface area (Å²) in [5.74, 6) is 2.61. The lowest BCUT2D eigenvalue weighted by molar-refractivity contribution is 0.264. The first-order valence-electron chi connectivity index (χ1n) is 6.79. The van der Waals surface area contributed by atoms with E-state index in [9.17, 15) is 0 Å². The lowest BCUT2D eigenvalue weighted by Gasteiger charge is -2.30. The van der Waals surface area contributed by atoms with Crippen LogP contribution in [0.3, 0.4) is 0 Å². The Hall–Kier alpha value is -0.180. The normalized spacial score (nSPS) is 25.9. The van der Waals surface area contributed by atoms with Gasteiger partial charge in [0.25, 0.3) is 0 Å². The van der Waals surface area contributed by atoms with Crippen LogP contribution in [0.5, 0.6) is 0 Å². The highest BCUT2D eigenvalue weighted by molar-refractivity contribution is 7.99. The quantitative estimate of drug-likeness (QED) is 0.818. The Morgan fingerprint density at radius 3 is 2.72 bits per heavy atom. The van der Waals surface area contributed by atoms with Crippen molar-refractivity contribution in [3.8, 4) is 0 Å². The highest BCUT2D eigenvalue weighted by Crippen LogP contribution is 2.32. The molecule has 0 saturated heterocycles. The second-order valence-electron chi connectivity index (χ2n) is 5.45. The molecule has 3 heteroatoms. The van der Waals surface area contributed by atoms with Crippen molar-refractivity contribution >= 4 is 23.4 Å². The van der Waals surface area contributed by atoms with Gasteiger partial charge >= 0.3 is 0 Å². The molecule has 1 aliphatic carbocycles. The number of halogens is 1. The van der Waals surface area contributed by atoms with Crippen LogP contribution >= 0.6 is 23.4 Å². The minimum absolute atomic E-state index is 0.321. The summed E-state index contributed by atoms with van der Waals surface area (Å²) in [5.41, 5.74) is 6.33. The van der Waals surface area contributed by atoms with Gasteiger partial charge in [-0.1, -0.05) is 37.4 Å². The lowest BCUT2D eigenvalue weighted by Crippen LogP contribution is -2.34. The van der Waals surface area contributed by atoms with E-state index >= 15 is 0 Å². The summed E-state index contributed by atoms with van der Waals surface area (Å²) in [6, 6.07) is 8.35. The summed E-state index contributed by atoms with van der Waals surface area (Å²) in [5, 5.41) is 0.806. The number of thioether (sulfide) groups is 1. The third-order valence-corrected chi connectivity index (χ3v) is 5.28. The highest BCUT2D eigenvalue weighted by atomic mass is 35.5. The Kier molecular flexibility index (Phi) is 5.40. The summed E-state index contributed by atoms with van der Waals surface area (Å²) in [6.07, 6.45) is 5.30. The van der Waals surface area contributed by atoms with Crippen LogP contribution in [0.15, 0.2) is 29.2 Å². The van der Waals surface area contributed by atoms with Crippen molar-refractivity contribution in [3.63, 3.8) is 0 Å². The van der Waals surface area contributed by atoms with E-state index < -0.39 is 0 Å². The van der Waals surface area contributed by atoms with Crippen LogP contribution < -0.4 is 5.73 Å². The van der Waals surface area contributed by atoms with Gasteiger partial charge in [-0.25, -0.2) is 0 Å². The van der Waals surface area contributed by atoms with Crippen LogP contribution in [0.4, 0.5) is 0 Å². The van der Waals surface area contributed by atoms with Gasteiger partial charge in [0.15, 0.2) is 0 Å². The van der Waals surface area contributed by atoms with Crippen LogP contribution in [0.2, 0.25) is 5.02 Å². The van der Waals surface area contributed by atoms with Gasteiger partial charge in [-0.3, -0.25) is 0 Å². The molecule has 0 spiro atoms. The lowest BCUT2D eigenvalue weighted by atomic mass is 9.80. The first kappa shape index (κ1) is 14.2. The van der Waals surface area contributed by atoms with Gasteiger partial charge in [0.2, 0.25) is 0 Å². The molecular weight excluding hydrogens is 262 g/mol. The zero-order valence-electron chi connectivity index (χ0n) is 10.9. The van der Waals surface area contributed by atoms with Crippen molar-refractivity contribution in [3.05, 3.63) is 29.3 Å². The molecule has 0 aliphatic heterocycles. The maximum absolute atomic E-state index is 6.33. The Morgan fingerprint density at radius 1 is 1.33 bits per heavy atom. The molecule has 1 aliphatic rings. The third kappa shape index (κ3) is 4.18. The van der Waals surface area contributed by atoms with Gasteiger partial charge in [-0.05, 0) is 42.9 Å². The summed E-state index contributed by atoms with van der Waals surface area (Å²) >= 11 is 7.81. The summed E-state index contributed by atoms with van der Waals surface area (Å²) < 4.78 is 0. The molecular formula is C15H22ClNS. The Bertz CT molecular complexity index is 375. The van der Waals surface area contributed by atoms with Crippen molar-refractivity contribution in [1.29, 1.82) is 0 Å². The second kappa shape index (κ2) is 6.83. The maximum Gasteiger partial charge on any atom is 0.0417 e. The van der Waals surface area contributed by atoms with E-state index in [4.69, 9.17) is 17.3 Å². The molecule has 2 N–H and O–H groups in total. The maximum atomic E-state index is 6.33. The van der Waals surface area contributed by atoms with E-state index in [1.165, 1.54) is 30.6 Å². The summed E-state index contributed by atoms with van der Waals surface area (Å²) in [7, 11) is 0. The minimum Gasteiger partial charge on any atom is -0.327 e. The highest BCUT2D eigenvalue weighted by Gasteiger charge is 2.23. The molecule has 1 nitrogen and oxygen atoms in total. The fourth-order valence-electron chi connectivity index (χ4n) is 2.60. The molecule has 0 amide bonds. The predicted octanol–water partition coefficient (Wildman–Crippen LogP) is 4.59. The first-order valence-corrected chi connectivity index (χ1v) is 8.15. The molecule has 18 heavy (non-hydrogen) atoms. The van der Waals surface area contributed by atoms with Crippen molar-refractivity contribution in [2.75, 3.05) is 5.75 Å². The smallest absolute Gasteiger partial charge is 0.0417 e. The number of hydrogen-bond acceptors (Lipinski definition) is 2. The third-order valence-electron chi connectivity index (χ3n) is 3.90. The molecule has 100 valence electrons. The molecule has 1 unspecified atom stereocenters. The first-order chi connectivity index (χ1) is 8.65. The average Bonchev–Trinajstić information content (AvgIpc) is 2.37. The molecule has 2 rings (SSSR count). The van der Waals surface area contributed by atoms with Gasteiger partial charge < -0.3 is 5.73 Å². The van der Waals surface area contributed by atoms with E-state index in [0.717, 1.165) is 16.7 Å². The van der Waals surface area contributed by atoms with Crippen LogP contribution in [0, 0.1) is 11.8 Å². The van der Waals surface area contributed by atoms with E-state index in [-0.39, 0.29) is 0 Å². The van der Waals surface area contributed by atoms with Crippen molar-refractivity contribution in [2.24, 2.45) is 17.6 Å². The number of hydrogen-bond donors (Lipinski definition) is 1. The Labute approximate surface area is 119 Å². The van der Waals surface area contributed by atoms with Crippen LogP contribution in [0.25, 0.3) is 0 Å². The molecule has 0 bridgehead atoms. The zero-order chi connectivity index (χ0) is 13.0. The van der Waals surface area contributed by atoms with E-state index in [0.29, 0.717) is 12.0 Å². The van der Waals surface area contributed by atoms with Crippen molar-refractivity contribution in [1.82, 2.24) is 0 Å². The van der Waals surface area contributed by atoms with Gasteiger partial charge in [-0.2, -0.15) is 0 Å². The summed E-state index contributed by atoms with van der Waals surface area (Å²) in [4.78, 5) is 1.22. The second-order valence-corrected chi connectivity index (χ2v) is 6.98. The SMILES string of the molecule is CC1CCC(C(N)CSc2cccc(Cl)c2)CC1. The topological polar surface area (TPSA) is 26.0 Å². The van der Waals surface area contributed by atoms with Crippen molar-refractivity contribution in [2.45, 2.75) is 43.5 Å². The molecule has 1 atom stereocenters. The predicted molar refractivity (Wildman–Crippen MR) is 81.3 cm³/mol. The van der Waals surface area contributed by atoms with Gasteiger partial charge in [0, 0.05) is 21.7 Å². The number of benzene rings is 1. The average molecular weight is 284 g/mol.